The molecular weight excluding hydrogens is 373 g/mol. The van der Waals surface area contributed by atoms with Crippen molar-refractivity contribution in [2.24, 2.45) is 0 Å². The monoisotopic (exact) mass is 399 g/mol. The molecule has 2 aromatic rings. The van der Waals surface area contributed by atoms with Crippen LogP contribution in [-0.4, -0.2) is 53.7 Å². The third-order valence-corrected chi connectivity index (χ3v) is 5.25. The summed E-state index contributed by atoms with van der Waals surface area (Å²) in [5.41, 5.74) is 1.36. The van der Waals surface area contributed by atoms with Gasteiger partial charge in [-0.3, -0.25) is 4.79 Å². The van der Waals surface area contributed by atoms with E-state index < -0.39 is 5.82 Å². The van der Waals surface area contributed by atoms with Gasteiger partial charge in [-0.2, -0.15) is 0 Å². The van der Waals surface area contributed by atoms with Crippen LogP contribution in [0.3, 0.4) is 0 Å². The summed E-state index contributed by atoms with van der Waals surface area (Å²) in [6, 6.07) is 14.1. The van der Waals surface area contributed by atoms with Gasteiger partial charge in [-0.05, 0) is 36.2 Å². The minimum absolute atomic E-state index is 0.0953. The summed E-state index contributed by atoms with van der Waals surface area (Å²) in [5, 5.41) is 15.6. The van der Waals surface area contributed by atoms with Crippen molar-refractivity contribution in [3.63, 3.8) is 0 Å². The molecule has 1 fully saturated rings. The molecular formula is C22H26FN3O3. The zero-order valence-electron chi connectivity index (χ0n) is 16.3. The fourth-order valence-electron chi connectivity index (χ4n) is 3.82. The van der Waals surface area contributed by atoms with Crippen LogP contribution in [0.4, 0.5) is 9.18 Å². The number of hydrogen-bond donors (Lipinski definition) is 3. The molecule has 0 radical (unpaired) electrons. The number of halogens is 1. The fourth-order valence-corrected chi connectivity index (χ4v) is 3.82. The van der Waals surface area contributed by atoms with Gasteiger partial charge in [0.2, 0.25) is 0 Å². The number of urea groups is 1. The van der Waals surface area contributed by atoms with Gasteiger partial charge in [-0.1, -0.05) is 37.3 Å². The molecule has 0 spiro atoms. The first kappa shape index (κ1) is 20.8. The Morgan fingerprint density at radius 1 is 1.03 bits per heavy atom. The van der Waals surface area contributed by atoms with Crippen molar-refractivity contribution < 1.29 is 19.1 Å². The van der Waals surface area contributed by atoms with Gasteiger partial charge in [0.05, 0.1) is 18.7 Å². The predicted octanol–water partition coefficient (Wildman–Crippen LogP) is 2.50. The van der Waals surface area contributed by atoms with E-state index in [4.69, 9.17) is 0 Å². The lowest BCUT2D eigenvalue weighted by Crippen LogP contribution is -2.70. The van der Waals surface area contributed by atoms with Crippen molar-refractivity contribution >= 4 is 11.9 Å². The van der Waals surface area contributed by atoms with E-state index in [1.165, 1.54) is 24.3 Å². The first-order chi connectivity index (χ1) is 14.1. The van der Waals surface area contributed by atoms with E-state index >= 15 is 0 Å². The zero-order valence-corrected chi connectivity index (χ0v) is 16.3. The Morgan fingerprint density at radius 3 is 2.34 bits per heavy atom. The van der Waals surface area contributed by atoms with Crippen molar-refractivity contribution in [2.75, 3.05) is 19.7 Å². The summed E-state index contributed by atoms with van der Waals surface area (Å²) in [6.07, 6.45) is 0.803. The van der Waals surface area contributed by atoms with E-state index in [-0.39, 0.29) is 43.1 Å². The van der Waals surface area contributed by atoms with Gasteiger partial charge in [-0.15, -0.1) is 0 Å². The number of nitrogens with one attached hydrogen (secondary N) is 2. The molecule has 3 amide bonds. The molecule has 1 aliphatic heterocycles. The Labute approximate surface area is 169 Å². The first-order valence-corrected chi connectivity index (χ1v) is 9.82. The maximum Gasteiger partial charge on any atom is 0.318 e. The number of hydrogen-bond acceptors (Lipinski definition) is 3. The summed E-state index contributed by atoms with van der Waals surface area (Å²) in [5.74, 6) is -0.838. The molecule has 0 unspecified atom stereocenters. The third-order valence-electron chi connectivity index (χ3n) is 5.25. The summed E-state index contributed by atoms with van der Waals surface area (Å²) < 4.78 is 13.1. The molecule has 2 aromatic carbocycles. The Hall–Kier alpha value is -2.93. The number of carbonyl (C=O) groups excluding carboxylic acids is 2. The summed E-state index contributed by atoms with van der Waals surface area (Å²) in [6.45, 7) is 2.57. The molecule has 0 aliphatic carbocycles. The van der Waals surface area contributed by atoms with Gasteiger partial charge >= 0.3 is 6.03 Å². The molecule has 29 heavy (non-hydrogen) atoms. The second kappa shape index (κ2) is 9.52. The standard InChI is InChI=1S/C22H26FN3O3/c1-2-12-24-22(29)26-18(13-25-21(28)16-8-10-17(23)11-9-16)20(19(26)14-27)15-6-4-3-5-7-15/h3-11,18-20,27H,2,12-14H2,1H3,(H,24,29)(H,25,28)/t18-,19+,20+/m0/s1. The minimum Gasteiger partial charge on any atom is -0.394 e. The molecule has 7 heteroatoms. The highest BCUT2D eigenvalue weighted by Gasteiger charge is 2.51. The summed E-state index contributed by atoms with van der Waals surface area (Å²) in [7, 11) is 0. The molecule has 3 rings (SSSR count). The van der Waals surface area contributed by atoms with E-state index in [2.05, 4.69) is 10.6 Å². The van der Waals surface area contributed by atoms with Gasteiger partial charge in [0.1, 0.15) is 5.82 Å². The number of nitrogens with zero attached hydrogens (tertiary/aromatic N) is 1. The van der Waals surface area contributed by atoms with E-state index in [1.54, 1.807) is 4.90 Å². The van der Waals surface area contributed by atoms with Crippen LogP contribution in [0, 0.1) is 5.82 Å². The van der Waals surface area contributed by atoms with E-state index in [0.29, 0.717) is 12.1 Å². The predicted molar refractivity (Wildman–Crippen MR) is 108 cm³/mol. The van der Waals surface area contributed by atoms with Gasteiger partial charge < -0.3 is 20.6 Å². The van der Waals surface area contributed by atoms with Crippen molar-refractivity contribution in [1.82, 2.24) is 15.5 Å². The van der Waals surface area contributed by atoms with Crippen molar-refractivity contribution in [3.05, 3.63) is 71.5 Å². The normalized spacial score (nSPS) is 20.7. The molecule has 3 N–H and O–H groups in total. The van der Waals surface area contributed by atoms with Crippen LogP contribution in [0.25, 0.3) is 0 Å². The zero-order chi connectivity index (χ0) is 20.8. The topological polar surface area (TPSA) is 81.7 Å². The van der Waals surface area contributed by atoms with Crippen molar-refractivity contribution in [2.45, 2.75) is 31.3 Å². The Morgan fingerprint density at radius 2 is 1.72 bits per heavy atom. The molecule has 3 atom stereocenters. The highest BCUT2D eigenvalue weighted by molar-refractivity contribution is 5.94. The summed E-state index contributed by atoms with van der Waals surface area (Å²) in [4.78, 5) is 26.7. The lowest BCUT2D eigenvalue weighted by Gasteiger charge is -2.54. The van der Waals surface area contributed by atoms with E-state index in [9.17, 15) is 19.1 Å². The van der Waals surface area contributed by atoms with Crippen molar-refractivity contribution in [1.29, 1.82) is 0 Å². The second-order valence-corrected chi connectivity index (χ2v) is 7.11. The highest BCUT2D eigenvalue weighted by atomic mass is 19.1. The second-order valence-electron chi connectivity index (χ2n) is 7.11. The number of likely N-dealkylation sites (tertiary alicyclic amines) is 1. The molecule has 1 saturated heterocycles. The Balaban J connectivity index is 1.76. The van der Waals surface area contributed by atoms with Gasteiger partial charge in [0.25, 0.3) is 5.91 Å². The van der Waals surface area contributed by atoms with Crippen molar-refractivity contribution in [3.8, 4) is 0 Å². The lowest BCUT2D eigenvalue weighted by molar-refractivity contribution is -0.00687. The average molecular weight is 399 g/mol. The van der Waals surface area contributed by atoms with Crippen LogP contribution >= 0.6 is 0 Å². The molecule has 0 saturated carbocycles. The molecule has 6 nitrogen and oxygen atoms in total. The van der Waals surface area contributed by atoms with Crippen LogP contribution in [0.15, 0.2) is 54.6 Å². The van der Waals surface area contributed by atoms with Gasteiger partial charge in [0.15, 0.2) is 0 Å². The van der Waals surface area contributed by atoms with E-state index in [0.717, 1.165) is 12.0 Å². The Kier molecular flexibility index (Phi) is 6.82. The number of rotatable bonds is 7. The first-order valence-electron chi connectivity index (χ1n) is 9.82. The lowest BCUT2D eigenvalue weighted by atomic mass is 9.75. The third kappa shape index (κ3) is 4.56. The maximum atomic E-state index is 13.1. The number of carbonyl (C=O) groups is 2. The van der Waals surface area contributed by atoms with Gasteiger partial charge in [-0.25, -0.2) is 9.18 Å². The summed E-state index contributed by atoms with van der Waals surface area (Å²) >= 11 is 0. The maximum absolute atomic E-state index is 13.1. The highest BCUT2D eigenvalue weighted by Crippen LogP contribution is 2.40. The molecule has 1 heterocycles. The molecule has 1 aliphatic rings. The minimum atomic E-state index is -0.408. The van der Waals surface area contributed by atoms with Gasteiger partial charge in [0, 0.05) is 24.6 Å². The molecule has 154 valence electrons. The quantitative estimate of drug-likeness (QED) is 0.669. The van der Waals surface area contributed by atoms with E-state index in [1.807, 2.05) is 37.3 Å². The van der Waals surface area contributed by atoms with Crippen LogP contribution in [0.5, 0.6) is 0 Å². The van der Waals surface area contributed by atoms with Crippen LogP contribution < -0.4 is 10.6 Å². The molecule has 0 aromatic heterocycles. The number of benzene rings is 2. The van der Waals surface area contributed by atoms with Crippen LogP contribution in [-0.2, 0) is 0 Å². The average Bonchev–Trinajstić information content (AvgIpc) is 2.72. The fraction of sp³-hybridized carbons (Fsp3) is 0.364. The SMILES string of the molecule is CCCNC(=O)N1[C@H](CO)[C@H](c2ccccc2)[C@@H]1CNC(=O)c1ccc(F)cc1. The largest absolute Gasteiger partial charge is 0.394 e. The van der Waals surface area contributed by atoms with Crippen LogP contribution in [0.1, 0.15) is 35.2 Å². The number of amides is 3. The smallest absolute Gasteiger partial charge is 0.318 e. The number of aliphatic hydroxyl groups excluding tert-OH is 1. The Bertz CT molecular complexity index is 829. The number of aliphatic hydroxyl groups is 1. The van der Waals surface area contributed by atoms with Crippen LogP contribution in [0.2, 0.25) is 0 Å². The molecule has 0 bridgehead atoms.